The molecule has 1 aromatic rings. The van der Waals surface area contributed by atoms with E-state index in [1.54, 1.807) is 0 Å². The number of rotatable bonds is 2. The molecule has 1 aliphatic rings. The molecule has 1 aliphatic heterocycles. The number of hydrogen-bond acceptors (Lipinski definition) is 3. The summed E-state index contributed by atoms with van der Waals surface area (Å²) in [4.78, 5) is 11.0. The Morgan fingerprint density at radius 3 is 2.47 bits per heavy atom. The molecule has 1 fully saturated rings. The molecule has 4 heteroatoms. The third kappa shape index (κ3) is 2.68. The lowest BCUT2D eigenvalue weighted by Crippen LogP contribution is -2.35. The van der Waals surface area contributed by atoms with Crippen molar-refractivity contribution in [3.8, 4) is 0 Å². The van der Waals surface area contributed by atoms with Crippen LogP contribution in [0.3, 0.4) is 0 Å². The van der Waals surface area contributed by atoms with Gasteiger partial charge >= 0.3 is 0 Å². The summed E-state index contributed by atoms with van der Waals surface area (Å²) in [5.74, 6) is 1.71. The number of nitrogens with zero attached hydrogens (tertiary/aromatic N) is 3. The van der Waals surface area contributed by atoms with E-state index in [2.05, 4.69) is 30.8 Å². The van der Waals surface area contributed by atoms with E-state index < -0.39 is 0 Å². The third-order valence-corrected chi connectivity index (χ3v) is 3.80. The normalized spacial score (nSPS) is 18.1. The number of anilines is 1. The van der Waals surface area contributed by atoms with Gasteiger partial charge in [0, 0.05) is 30.8 Å². The number of aromatic nitrogens is 2. The van der Waals surface area contributed by atoms with E-state index in [0.717, 1.165) is 35.8 Å². The van der Waals surface area contributed by atoms with E-state index in [4.69, 9.17) is 0 Å². The number of aryl methyl sites for hydroxylation is 1. The van der Waals surface area contributed by atoms with Gasteiger partial charge in [0.25, 0.3) is 0 Å². The molecule has 0 aliphatic carbocycles. The zero-order valence-electron chi connectivity index (χ0n) is 8.99. The lowest BCUT2D eigenvalue weighted by atomic mass is 9.99. The van der Waals surface area contributed by atoms with E-state index in [9.17, 15) is 0 Å². The largest absolute Gasteiger partial charge is 0.341 e. The molecule has 3 nitrogen and oxygen atoms in total. The van der Waals surface area contributed by atoms with Gasteiger partial charge in [0.2, 0.25) is 5.95 Å². The van der Waals surface area contributed by atoms with Gasteiger partial charge in [-0.2, -0.15) is 0 Å². The van der Waals surface area contributed by atoms with Crippen molar-refractivity contribution in [2.75, 3.05) is 23.3 Å². The van der Waals surface area contributed by atoms with Crippen LogP contribution < -0.4 is 4.90 Å². The van der Waals surface area contributed by atoms with E-state index in [0.29, 0.717) is 0 Å². The molecule has 0 bridgehead atoms. The van der Waals surface area contributed by atoms with Crippen molar-refractivity contribution in [1.29, 1.82) is 0 Å². The molecule has 0 spiro atoms. The molecule has 0 atom stereocenters. The van der Waals surface area contributed by atoms with Gasteiger partial charge in [0.15, 0.2) is 0 Å². The quantitative estimate of drug-likeness (QED) is 0.773. The Hall–Kier alpha value is -0.640. The van der Waals surface area contributed by atoms with Crippen LogP contribution in [0.5, 0.6) is 0 Å². The van der Waals surface area contributed by atoms with Crippen molar-refractivity contribution in [2.45, 2.75) is 19.8 Å². The summed E-state index contributed by atoms with van der Waals surface area (Å²) in [7, 11) is 0. The molecule has 0 radical (unpaired) electrons. The molecule has 0 amide bonds. The molecule has 0 unspecified atom stereocenters. The first-order valence-corrected chi connectivity index (χ1v) is 6.51. The predicted molar refractivity (Wildman–Crippen MR) is 65.5 cm³/mol. The molecule has 0 N–H and O–H groups in total. The first kappa shape index (κ1) is 10.9. The van der Waals surface area contributed by atoms with Gasteiger partial charge < -0.3 is 4.90 Å². The Morgan fingerprint density at radius 2 is 1.93 bits per heavy atom. The number of piperidine rings is 1. The molecular formula is C11H16BrN3. The van der Waals surface area contributed by atoms with Crippen molar-refractivity contribution in [3.63, 3.8) is 0 Å². The smallest absolute Gasteiger partial charge is 0.225 e. The zero-order chi connectivity index (χ0) is 10.7. The Labute approximate surface area is 99.0 Å². The number of halogens is 1. The summed E-state index contributed by atoms with van der Waals surface area (Å²) in [6.07, 6.45) is 6.25. The maximum absolute atomic E-state index is 4.36. The van der Waals surface area contributed by atoms with Crippen molar-refractivity contribution in [1.82, 2.24) is 9.97 Å². The second-order valence-electron chi connectivity index (χ2n) is 4.15. The van der Waals surface area contributed by atoms with Crippen LogP contribution >= 0.6 is 15.9 Å². The first-order valence-electron chi connectivity index (χ1n) is 5.39. The molecule has 0 aromatic carbocycles. The summed E-state index contributed by atoms with van der Waals surface area (Å²) < 4.78 is 0. The summed E-state index contributed by atoms with van der Waals surface area (Å²) >= 11 is 3.55. The van der Waals surface area contributed by atoms with Gasteiger partial charge in [-0.15, -0.1) is 0 Å². The van der Waals surface area contributed by atoms with Crippen molar-refractivity contribution in [2.24, 2.45) is 5.92 Å². The molecular weight excluding hydrogens is 254 g/mol. The van der Waals surface area contributed by atoms with Crippen LogP contribution in [0.1, 0.15) is 18.4 Å². The lowest BCUT2D eigenvalue weighted by Gasteiger charge is -2.31. The Morgan fingerprint density at radius 1 is 1.33 bits per heavy atom. The minimum absolute atomic E-state index is 0.826. The van der Waals surface area contributed by atoms with E-state index in [1.807, 2.05) is 19.3 Å². The Balaban J connectivity index is 1.98. The molecule has 2 rings (SSSR count). The second-order valence-corrected chi connectivity index (χ2v) is 4.79. The van der Waals surface area contributed by atoms with Gasteiger partial charge in [-0.25, -0.2) is 9.97 Å². The highest BCUT2D eigenvalue weighted by atomic mass is 79.9. The van der Waals surface area contributed by atoms with Crippen molar-refractivity contribution < 1.29 is 0 Å². The maximum atomic E-state index is 4.36. The van der Waals surface area contributed by atoms with Crippen LogP contribution in [0.15, 0.2) is 12.4 Å². The molecule has 82 valence electrons. The molecule has 2 heterocycles. The van der Waals surface area contributed by atoms with E-state index in [-0.39, 0.29) is 0 Å². The van der Waals surface area contributed by atoms with Gasteiger partial charge in [-0.3, -0.25) is 0 Å². The summed E-state index contributed by atoms with van der Waals surface area (Å²) in [5.41, 5.74) is 1.12. The highest BCUT2D eigenvalue weighted by molar-refractivity contribution is 9.09. The minimum atomic E-state index is 0.826. The standard InChI is InChI=1S/C11H16BrN3/c1-9-7-13-11(14-8-9)15-4-2-10(6-12)3-5-15/h7-8,10H,2-6H2,1H3. The highest BCUT2D eigenvalue weighted by Crippen LogP contribution is 2.21. The van der Waals surface area contributed by atoms with E-state index >= 15 is 0 Å². The molecule has 15 heavy (non-hydrogen) atoms. The van der Waals surface area contributed by atoms with Gasteiger partial charge in [0.1, 0.15) is 0 Å². The first-order chi connectivity index (χ1) is 7.29. The van der Waals surface area contributed by atoms with Crippen LogP contribution in [0.2, 0.25) is 0 Å². The van der Waals surface area contributed by atoms with Crippen LogP contribution in [0.25, 0.3) is 0 Å². The average Bonchev–Trinajstić information content (AvgIpc) is 2.30. The molecule has 1 saturated heterocycles. The van der Waals surface area contributed by atoms with Gasteiger partial charge in [0.05, 0.1) is 0 Å². The molecule has 0 saturated carbocycles. The third-order valence-electron chi connectivity index (χ3n) is 2.88. The molecule has 1 aromatic heterocycles. The minimum Gasteiger partial charge on any atom is -0.341 e. The lowest BCUT2D eigenvalue weighted by molar-refractivity contribution is 0.443. The zero-order valence-corrected chi connectivity index (χ0v) is 10.6. The number of hydrogen-bond donors (Lipinski definition) is 0. The SMILES string of the molecule is Cc1cnc(N2CCC(CBr)CC2)nc1. The average molecular weight is 270 g/mol. The predicted octanol–water partition coefficient (Wildman–Crippen LogP) is 2.40. The fraction of sp³-hybridized carbons (Fsp3) is 0.636. The van der Waals surface area contributed by atoms with Gasteiger partial charge in [-0.05, 0) is 31.2 Å². The van der Waals surface area contributed by atoms with E-state index in [1.165, 1.54) is 12.8 Å². The van der Waals surface area contributed by atoms with Crippen molar-refractivity contribution >= 4 is 21.9 Å². The monoisotopic (exact) mass is 269 g/mol. The summed E-state index contributed by atoms with van der Waals surface area (Å²) in [5, 5.41) is 1.12. The topological polar surface area (TPSA) is 29.0 Å². The fourth-order valence-electron chi connectivity index (χ4n) is 1.84. The Bertz CT molecular complexity index is 304. The fourth-order valence-corrected chi connectivity index (χ4v) is 2.48. The van der Waals surface area contributed by atoms with Crippen LogP contribution in [-0.4, -0.2) is 28.4 Å². The summed E-state index contributed by atoms with van der Waals surface area (Å²) in [6, 6.07) is 0. The van der Waals surface area contributed by atoms with Gasteiger partial charge in [-0.1, -0.05) is 15.9 Å². The van der Waals surface area contributed by atoms with Crippen LogP contribution in [-0.2, 0) is 0 Å². The second kappa shape index (κ2) is 4.92. The Kier molecular flexibility index (Phi) is 3.57. The summed E-state index contributed by atoms with van der Waals surface area (Å²) in [6.45, 7) is 4.18. The van der Waals surface area contributed by atoms with Crippen molar-refractivity contribution in [3.05, 3.63) is 18.0 Å². The highest BCUT2D eigenvalue weighted by Gasteiger charge is 2.19. The number of alkyl halides is 1. The van der Waals surface area contributed by atoms with Crippen LogP contribution in [0.4, 0.5) is 5.95 Å². The maximum Gasteiger partial charge on any atom is 0.225 e. The van der Waals surface area contributed by atoms with Crippen LogP contribution in [0, 0.1) is 12.8 Å².